The average Bonchev–Trinajstić information content (AvgIpc) is 3.15. The van der Waals surface area contributed by atoms with Crippen LogP contribution in [0.15, 0.2) is 43.0 Å². The van der Waals surface area contributed by atoms with E-state index >= 15 is 0 Å². The van der Waals surface area contributed by atoms with E-state index < -0.39 is 0 Å². The Morgan fingerprint density at radius 3 is 1.50 bits per heavy atom. The lowest BCUT2D eigenvalue weighted by atomic mass is 10.0. The van der Waals surface area contributed by atoms with Gasteiger partial charge in [-0.25, -0.2) is 0 Å². The van der Waals surface area contributed by atoms with Crippen LogP contribution in [0, 0.1) is 0 Å². The molecular formula is C25H45N3. The molecular weight excluding hydrogens is 342 g/mol. The monoisotopic (exact) mass is 387 g/mol. The first kappa shape index (κ1) is 24.5. The summed E-state index contributed by atoms with van der Waals surface area (Å²) in [6.45, 7) is 4.61. The van der Waals surface area contributed by atoms with Gasteiger partial charge in [0.25, 0.3) is 0 Å². The lowest BCUT2D eigenvalue weighted by molar-refractivity contribution is 0.290. The number of unbranched alkanes of at least 4 members (excludes halogenated alkanes) is 13. The average molecular weight is 388 g/mol. The van der Waals surface area contributed by atoms with E-state index in [4.69, 9.17) is 0 Å². The van der Waals surface area contributed by atoms with Gasteiger partial charge < -0.3 is 9.80 Å². The van der Waals surface area contributed by atoms with Crippen LogP contribution in [-0.4, -0.2) is 35.0 Å². The summed E-state index contributed by atoms with van der Waals surface area (Å²) in [4.78, 5) is 8.44. The van der Waals surface area contributed by atoms with E-state index in [0.717, 1.165) is 6.67 Å². The Balaban J connectivity index is 0.000000552. The summed E-state index contributed by atoms with van der Waals surface area (Å²) >= 11 is 0. The Kier molecular flexibility index (Phi) is 16.5. The third-order valence-electron chi connectivity index (χ3n) is 5.30. The van der Waals surface area contributed by atoms with Crippen molar-refractivity contribution < 1.29 is 0 Å². The molecule has 0 radical (unpaired) electrons. The normalized spacial score (nSPS) is 12.9. The molecule has 0 bridgehead atoms. The molecule has 2 rings (SSSR count). The topological polar surface area (TPSA) is 19.4 Å². The van der Waals surface area contributed by atoms with Gasteiger partial charge in [-0.15, -0.1) is 0 Å². The van der Waals surface area contributed by atoms with Crippen LogP contribution in [0.25, 0.3) is 0 Å². The minimum atomic E-state index is 1.08. The highest BCUT2D eigenvalue weighted by Crippen LogP contribution is 2.13. The van der Waals surface area contributed by atoms with Crippen molar-refractivity contribution >= 4 is 0 Å². The first-order chi connectivity index (χ1) is 13.8. The van der Waals surface area contributed by atoms with Gasteiger partial charge in [-0.1, -0.05) is 96.5 Å². The second-order valence-electron chi connectivity index (χ2n) is 8.13. The van der Waals surface area contributed by atoms with E-state index in [1.165, 1.54) is 96.4 Å². The number of rotatable bonds is 15. The van der Waals surface area contributed by atoms with Gasteiger partial charge in [0.1, 0.15) is 0 Å². The van der Waals surface area contributed by atoms with Crippen molar-refractivity contribution in [2.45, 2.75) is 96.8 Å². The van der Waals surface area contributed by atoms with Crippen molar-refractivity contribution in [2.24, 2.45) is 0 Å². The van der Waals surface area contributed by atoms with Gasteiger partial charge >= 0.3 is 0 Å². The highest BCUT2D eigenvalue weighted by atomic mass is 15.3. The molecule has 0 saturated carbocycles. The van der Waals surface area contributed by atoms with Crippen molar-refractivity contribution in [1.82, 2.24) is 14.8 Å². The van der Waals surface area contributed by atoms with Crippen molar-refractivity contribution in [3.8, 4) is 0 Å². The summed E-state index contributed by atoms with van der Waals surface area (Å²) in [5, 5.41) is 0. The lowest BCUT2D eigenvalue weighted by Crippen LogP contribution is -2.23. The molecule has 0 aliphatic carbocycles. The molecule has 0 atom stereocenters. The quantitative estimate of drug-likeness (QED) is 0.296. The van der Waals surface area contributed by atoms with Crippen molar-refractivity contribution in [2.75, 3.05) is 20.3 Å². The Morgan fingerprint density at radius 2 is 1.14 bits per heavy atom. The van der Waals surface area contributed by atoms with E-state index in [9.17, 15) is 0 Å². The van der Waals surface area contributed by atoms with Crippen molar-refractivity contribution in [1.29, 1.82) is 0 Å². The zero-order chi connectivity index (χ0) is 20.1. The maximum absolute atomic E-state index is 3.78. The number of aromatic nitrogens is 1. The highest BCUT2D eigenvalue weighted by Gasteiger charge is 2.06. The smallest absolute Gasteiger partial charge is 0.0890 e. The molecule has 28 heavy (non-hydrogen) atoms. The molecule has 0 spiro atoms. The minimum Gasteiger partial charge on any atom is -0.362 e. The molecule has 160 valence electrons. The molecule has 0 unspecified atom stereocenters. The predicted octanol–water partition coefficient (Wildman–Crippen LogP) is 7.23. The van der Waals surface area contributed by atoms with Crippen LogP contribution in [0.3, 0.4) is 0 Å². The fourth-order valence-electron chi connectivity index (χ4n) is 3.56. The summed E-state index contributed by atoms with van der Waals surface area (Å²) < 4.78 is 0. The molecule has 3 nitrogen and oxygen atoms in total. The molecule has 0 amide bonds. The fourth-order valence-corrected chi connectivity index (χ4v) is 3.56. The summed E-state index contributed by atoms with van der Waals surface area (Å²) in [7, 11) is 2.14. The van der Waals surface area contributed by atoms with Gasteiger partial charge in [-0.05, 0) is 18.6 Å². The van der Waals surface area contributed by atoms with Crippen LogP contribution in [0.5, 0.6) is 0 Å². The number of pyridine rings is 1. The molecule has 0 saturated heterocycles. The van der Waals surface area contributed by atoms with Crippen LogP contribution in [0.4, 0.5) is 0 Å². The Labute approximate surface area is 175 Å². The van der Waals surface area contributed by atoms with Crippen LogP contribution in [0.1, 0.15) is 96.8 Å². The van der Waals surface area contributed by atoms with E-state index in [-0.39, 0.29) is 0 Å². The fraction of sp³-hybridized carbons (Fsp3) is 0.720. The Bertz CT molecular complexity index is 420. The molecule has 3 heteroatoms. The zero-order valence-corrected chi connectivity index (χ0v) is 18.7. The third kappa shape index (κ3) is 15.5. The van der Waals surface area contributed by atoms with Gasteiger partial charge in [0.2, 0.25) is 0 Å². The minimum absolute atomic E-state index is 1.08. The Morgan fingerprint density at radius 1 is 0.643 bits per heavy atom. The van der Waals surface area contributed by atoms with Gasteiger partial charge in [-0.2, -0.15) is 0 Å². The predicted molar refractivity (Wildman–Crippen MR) is 123 cm³/mol. The van der Waals surface area contributed by atoms with Crippen LogP contribution >= 0.6 is 0 Å². The Hall–Kier alpha value is -1.51. The first-order valence-corrected chi connectivity index (χ1v) is 11.8. The molecule has 1 aliphatic rings. The van der Waals surface area contributed by atoms with E-state index in [1.54, 1.807) is 12.4 Å². The SMILES string of the molecule is CCCCCCCCCCCCCCCCN1C=CN(C)C1.c1ccncc1. The number of nitrogens with zero attached hydrogens (tertiary/aromatic N) is 3. The maximum atomic E-state index is 3.78. The summed E-state index contributed by atoms with van der Waals surface area (Å²) in [5.41, 5.74) is 0. The van der Waals surface area contributed by atoms with Crippen LogP contribution in [0.2, 0.25) is 0 Å². The molecule has 1 aliphatic heterocycles. The number of hydrogen-bond acceptors (Lipinski definition) is 3. The summed E-state index contributed by atoms with van der Waals surface area (Å²) in [6.07, 6.45) is 28.1. The molecule has 0 N–H and O–H groups in total. The molecule has 1 aromatic heterocycles. The van der Waals surface area contributed by atoms with Crippen LogP contribution in [-0.2, 0) is 0 Å². The maximum Gasteiger partial charge on any atom is 0.0890 e. The largest absolute Gasteiger partial charge is 0.362 e. The van der Waals surface area contributed by atoms with Crippen molar-refractivity contribution in [3.05, 3.63) is 43.0 Å². The second-order valence-corrected chi connectivity index (χ2v) is 8.13. The summed E-state index contributed by atoms with van der Waals surface area (Å²) in [6, 6.07) is 5.72. The summed E-state index contributed by atoms with van der Waals surface area (Å²) in [5.74, 6) is 0. The van der Waals surface area contributed by atoms with E-state index in [1.807, 2.05) is 18.2 Å². The molecule has 0 aromatic carbocycles. The molecule has 0 fully saturated rings. The van der Waals surface area contributed by atoms with Gasteiger partial charge in [0.05, 0.1) is 6.67 Å². The van der Waals surface area contributed by atoms with E-state index in [2.05, 4.69) is 41.2 Å². The van der Waals surface area contributed by atoms with Gasteiger partial charge in [0, 0.05) is 38.4 Å². The number of hydrogen-bond donors (Lipinski definition) is 0. The first-order valence-electron chi connectivity index (χ1n) is 11.8. The van der Waals surface area contributed by atoms with Crippen molar-refractivity contribution in [3.63, 3.8) is 0 Å². The molecule has 2 heterocycles. The zero-order valence-electron chi connectivity index (χ0n) is 18.7. The third-order valence-corrected chi connectivity index (χ3v) is 5.30. The lowest BCUT2D eigenvalue weighted by Gasteiger charge is -2.17. The molecule has 1 aromatic rings. The van der Waals surface area contributed by atoms with E-state index in [0.29, 0.717) is 0 Å². The highest BCUT2D eigenvalue weighted by molar-refractivity contribution is 4.88. The van der Waals surface area contributed by atoms with Gasteiger partial charge in [-0.3, -0.25) is 4.98 Å². The standard InChI is InChI=1S/C20H40N2.C5H5N/c1-3-4-5-6-7-8-9-10-11-12-13-14-15-16-17-22-19-18-21(2)20-22;1-2-4-6-5-3-1/h18-19H,3-17,20H2,1-2H3;1-5H. The second kappa shape index (κ2) is 18.8. The van der Waals surface area contributed by atoms with Gasteiger partial charge in [0.15, 0.2) is 0 Å². The van der Waals surface area contributed by atoms with Crippen LogP contribution < -0.4 is 0 Å².